The van der Waals surface area contributed by atoms with E-state index in [0.717, 1.165) is 17.6 Å². The van der Waals surface area contributed by atoms with Gasteiger partial charge in [-0.1, -0.05) is 6.42 Å². The molecule has 3 rings (SSSR count). The Morgan fingerprint density at radius 1 is 1.36 bits per heavy atom. The molecule has 0 saturated heterocycles. The highest BCUT2D eigenvalue weighted by Crippen LogP contribution is 2.51. The summed E-state index contributed by atoms with van der Waals surface area (Å²) in [5.41, 5.74) is 6.24. The Kier molecular flexibility index (Phi) is 1.91. The molecule has 2 N–H and O–H groups in total. The second kappa shape index (κ2) is 3.13. The van der Waals surface area contributed by atoms with Crippen LogP contribution in [0.3, 0.4) is 0 Å². The smallest absolute Gasteiger partial charge is 0.120 e. The van der Waals surface area contributed by atoms with Gasteiger partial charge in [-0.15, -0.1) is 0 Å². The van der Waals surface area contributed by atoms with Crippen molar-refractivity contribution >= 4 is 0 Å². The standard InChI is InChI=1S/C12H17NO/c13-12(11-2-1-5-14-11)10-7-8-3-4-9(10)6-8/h1-2,5,8-10,12H,3-4,6-7,13H2. The minimum atomic E-state index is 0.139. The fourth-order valence-electron chi connectivity index (χ4n) is 3.43. The summed E-state index contributed by atoms with van der Waals surface area (Å²) >= 11 is 0. The Morgan fingerprint density at radius 3 is 2.86 bits per heavy atom. The lowest BCUT2D eigenvalue weighted by Crippen LogP contribution is -2.25. The third-order valence-electron chi connectivity index (χ3n) is 4.13. The van der Waals surface area contributed by atoms with Crippen molar-refractivity contribution in [2.75, 3.05) is 0 Å². The number of rotatable bonds is 2. The molecule has 76 valence electrons. The van der Waals surface area contributed by atoms with E-state index in [2.05, 4.69) is 0 Å². The first-order chi connectivity index (χ1) is 6.84. The minimum Gasteiger partial charge on any atom is -0.468 e. The molecule has 2 bridgehead atoms. The zero-order valence-electron chi connectivity index (χ0n) is 8.36. The predicted molar refractivity (Wildman–Crippen MR) is 54.6 cm³/mol. The average Bonchev–Trinajstić information content (AvgIpc) is 2.93. The van der Waals surface area contributed by atoms with Gasteiger partial charge in [0.05, 0.1) is 12.3 Å². The minimum absolute atomic E-state index is 0.139. The lowest BCUT2D eigenvalue weighted by atomic mass is 9.83. The van der Waals surface area contributed by atoms with Gasteiger partial charge in [0.15, 0.2) is 0 Å². The highest BCUT2D eigenvalue weighted by atomic mass is 16.3. The zero-order valence-corrected chi connectivity index (χ0v) is 8.36. The predicted octanol–water partition coefficient (Wildman–Crippen LogP) is 2.72. The van der Waals surface area contributed by atoms with Gasteiger partial charge in [-0.25, -0.2) is 0 Å². The van der Waals surface area contributed by atoms with Crippen LogP contribution >= 0.6 is 0 Å². The third-order valence-corrected chi connectivity index (χ3v) is 4.13. The van der Waals surface area contributed by atoms with Crippen LogP contribution in [0.5, 0.6) is 0 Å². The largest absolute Gasteiger partial charge is 0.468 e. The summed E-state index contributed by atoms with van der Waals surface area (Å²) in [7, 11) is 0. The molecule has 4 atom stereocenters. The summed E-state index contributed by atoms with van der Waals surface area (Å²) in [5.74, 6) is 3.49. The Labute approximate surface area is 84.5 Å². The lowest BCUT2D eigenvalue weighted by Gasteiger charge is -2.26. The Balaban J connectivity index is 1.77. The van der Waals surface area contributed by atoms with Gasteiger partial charge < -0.3 is 10.2 Å². The van der Waals surface area contributed by atoms with Gasteiger partial charge in [0, 0.05) is 0 Å². The number of nitrogens with two attached hydrogens (primary N) is 1. The Hall–Kier alpha value is -0.760. The molecular formula is C12H17NO. The van der Waals surface area contributed by atoms with Crippen molar-refractivity contribution in [2.24, 2.45) is 23.5 Å². The van der Waals surface area contributed by atoms with Crippen LogP contribution in [-0.2, 0) is 0 Å². The number of furan rings is 1. The van der Waals surface area contributed by atoms with E-state index in [1.54, 1.807) is 6.26 Å². The molecule has 2 heteroatoms. The maximum atomic E-state index is 6.24. The second-order valence-corrected chi connectivity index (χ2v) is 4.88. The zero-order chi connectivity index (χ0) is 9.54. The summed E-state index contributed by atoms with van der Waals surface area (Å²) < 4.78 is 5.39. The quantitative estimate of drug-likeness (QED) is 0.780. The van der Waals surface area contributed by atoms with Crippen LogP contribution in [0, 0.1) is 17.8 Å². The molecule has 1 aromatic rings. The van der Waals surface area contributed by atoms with Crippen molar-refractivity contribution in [3.8, 4) is 0 Å². The molecule has 0 aliphatic heterocycles. The van der Waals surface area contributed by atoms with Crippen LogP contribution in [0.25, 0.3) is 0 Å². The van der Waals surface area contributed by atoms with Crippen molar-refractivity contribution < 1.29 is 4.42 Å². The van der Waals surface area contributed by atoms with Crippen molar-refractivity contribution in [1.82, 2.24) is 0 Å². The van der Waals surface area contributed by atoms with E-state index in [-0.39, 0.29) is 6.04 Å². The molecular weight excluding hydrogens is 174 g/mol. The van der Waals surface area contributed by atoms with E-state index < -0.39 is 0 Å². The fourth-order valence-corrected chi connectivity index (χ4v) is 3.43. The summed E-state index contributed by atoms with van der Waals surface area (Å²) in [6.45, 7) is 0. The highest BCUT2D eigenvalue weighted by molar-refractivity contribution is 5.08. The topological polar surface area (TPSA) is 39.2 Å². The van der Waals surface area contributed by atoms with Gasteiger partial charge in [0.2, 0.25) is 0 Å². The molecule has 0 radical (unpaired) electrons. The van der Waals surface area contributed by atoms with Crippen LogP contribution in [-0.4, -0.2) is 0 Å². The summed E-state index contributed by atoms with van der Waals surface area (Å²) in [4.78, 5) is 0. The van der Waals surface area contributed by atoms with Crippen molar-refractivity contribution in [1.29, 1.82) is 0 Å². The lowest BCUT2D eigenvalue weighted by molar-refractivity contribution is 0.260. The van der Waals surface area contributed by atoms with Crippen LogP contribution in [0.1, 0.15) is 37.5 Å². The maximum absolute atomic E-state index is 6.24. The molecule has 2 fully saturated rings. The summed E-state index contributed by atoms with van der Waals surface area (Å²) in [6.07, 6.45) is 7.30. The molecule has 1 heterocycles. The van der Waals surface area contributed by atoms with Gasteiger partial charge >= 0.3 is 0 Å². The van der Waals surface area contributed by atoms with Crippen LogP contribution < -0.4 is 5.73 Å². The van der Waals surface area contributed by atoms with E-state index in [4.69, 9.17) is 10.2 Å². The average molecular weight is 191 g/mol. The Bertz CT molecular complexity index is 306. The van der Waals surface area contributed by atoms with Gasteiger partial charge in [-0.3, -0.25) is 0 Å². The Morgan fingerprint density at radius 2 is 2.29 bits per heavy atom. The summed E-state index contributed by atoms with van der Waals surface area (Å²) in [5, 5.41) is 0. The molecule has 2 aliphatic carbocycles. The van der Waals surface area contributed by atoms with Crippen LogP contribution in [0.2, 0.25) is 0 Å². The molecule has 1 aromatic heterocycles. The summed E-state index contributed by atoms with van der Waals surface area (Å²) in [6, 6.07) is 4.08. The second-order valence-electron chi connectivity index (χ2n) is 4.88. The van der Waals surface area contributed by atoms with Gasteiger partial charge in [0.25, 0.3) is 0 Å². The van der Waals surface area contributed by atoms with Crippen LogP contribution in [0.4, 0.5) is 0 Å². The normalized spacial score (nSPS) is 37.6. The van der Waals surface area contributed by atoms with E-state index in [9.17, 15) is 0 Å². The molecule has 0 spiro atoms. The molecule has 0 amide bonds. The monoisotopic (exact) mass is 191 g/mol. The van der Waals surface area contributed by atoms with Gasteiger partial charge in [0.1, 0.15) is 5.76 Å². The molecule has 14 heavy (non-hydrogen) atoms. The number of hydrogen-bond donors (Lipinski definition) is 1. The van der Waals surface area contributed by atoms with Crippen LogP contribution in [0.15, 0.2) is 22.8 Å². The number of fused-ring (bicyclic) bond motifs is 2. The first-order valence-corrected chi connectivity index (χ1v) is 5.63. The third kappa shape index (κ3) is 1.21. The van der Waals surface area contributed by atoms with Crippen molar-refractivity contribution in [2.45, 2.75) is 31.7 Å². The van der Waals surface area contributed by atoms with E-state index >= 15 is 0 Å². The van der Waals surface area contributed by atoms with E-state index in [1.165, 1.54) is 25.7 Å². The maximum Gasteiger partial charge on any atom is 0.120 e. The number of hydrogen-bond acceptors (Lipinski definition) is 2. The molecule has 2 nitrogen and oxygen atoms in total. The van der Waals surface area contributed by atoms with Crippen molar-refractivity contribution in [3.63, 3.8) is 0 Å². The van der Waals surface area contributed by atoms with Gasteiger partial charge in [-0.05, 0) is 49.1 Å². The van der Waals surface area contributed by atoms with Crippen molar-refractivity contribution in [3.05, 3.63) is 24.2 Å². The first-order valence-electron chi connectivity index (χ1n) is 5.63. The fraction of sp³-hybridized carbons (Fsp3) is 0.667. The molecule has 0 aromatic carbocycles. The SMILES string of the molecule is NC(c1ccco1)C1CC2CCC1C2. The molecule has 2 saturated carbocycles. The van der Waals surface area contributed by atoms with E-state index in [1.807, 2.05) is 12.1 Å². The molecule has 4 unspecified atom stereocenters. The van der Waals surface area contributed by atoms with Gasteiger partial charge in [-0.2, -0.15) is 0 Å². The highest BCUT2D eigenvalue weighted by Gasteiger charge is 2.42. The molecule has 2 aliphatic rings. The van der Waals surface area contributed by atoms with E-state index in [0.29, 0.717) is 5.92 Å². The first kappa shape index (κ1) is 8.54.